The molecule has 1 aromatic rings. The minimum Gasteiger partial charge on any atom is -0.383 e. The van der Waals surface area contributed by atoms with Gasteiger partial charge in [0.1, 0.15) is 0 Å². The Labute approximate surface area is 108 Å². The summed E-state index contributed by atoms with van der Waals surface area (Å²) < 4.78 is 0. The van der Waals surface area contributed by atoms with Gasteiger partial charge in [0.2, 0.25) is 0 Å². The lowest BCUT2D eigenvalue weighted by Crippen LogP contribution is -2.52. The highest BCUT2D eigenvalue weighted by Crippen LogP contribution is 2.20. The Balaban J connectivity index is 1.90. The molecule has 94 valence electrons. The first-order valence-electron chi connectivity index (χ1n) is 6.08. The van der Waals surface area contributed by atoms with Crippen molar-refractivity contribution in [3.05, 3.63) is 28.8 Å². The third-order valence-corrected chi connectivity index (χ3v) is 3.77. The number of hydrogen-bond acceptors (Lipinski definition) is 3. The van der Waals surface area contributed by atoms with Crippen molar-refractivity contribution < 1.29 is 0 Å². The second kappa shape index (κ2) is 5.71. The molecule has 0 amide bonds. The SMILES string of the molecule is Cc1ccc(NCC2CNCCN2C)cc1Cl. The zero-order valence-electron chi connectivity index (χ0n) is 10.5. The normalized spacial score (nSPS) is 21.5. The summed E-state index contributed by atoms with van der Waals surface area (Å²) in [6.07, 6.45) is 0. The summed E-state index contributed by atoms with van der Waals surface area (Å²) in [6.45, 7) is 6.21. The van der Waals surface area contributed by atoms with Crippen LogP contribution in [-0.4, -0.2) is 44.2 Å². The molecule has 2 rings (SSSR count). The summed E-state index contributed by atoms with van der Waals surface area (Å²) in [5.41, 5.74) is 2.22. The summed E-state index contributed by atoms with van der Waals surface area (Å²) in [5.74, 6) is 0. The zero-order valence-corrected chi connectivity index (χ0v) is 11.2. The van der Waals surface area contributed by atoms with Gasteiger partial charge in [0.05, 0.1) is 0 Å². The standard InChI is InChI=1S/C13H20ClN3/c1-10-3-4-11(7-13(10)14)16-9-12-8-15-5-6-17(12)2/h3-4,7,12,15-16H,5-6,8-9H2,1-2H3. The number of rotatable bonds is 3. The number of anilines is 1. The maximum atomic E-state index is 6.10. The molecule has 1 aliphatic heterocycles. The lowest BCUT2D eigenvalue weighted by molar-refractivity contribution is 0.209. The Kier molecular flexibility index (Phi) is 4.26. The van der Waals surface area contributed by atoms with Crippen molar-refractivity contribution in [1.82, 2.24) is 10.2 Å². The number of nitrogens with one attached hydrogen (secondary N) is 2. The van der Waals surface area contributed by atoms with Gasteiger partial charge in [0.15, 0.2) is 0 Å². The molecule has 1 unspecified atom stereocenters. The summed E-state index contributed by atoms with van der Waals surface area (Å²) in [6, 6.07) is 6.67. The van der Waals surface area contributed by atoms with E-state index in [4.69, 9.17) is 11.6 Å². The molecular formula is C13H20ClN3. The van der Waals surface area contributed by atoms with Crippen LogP contribution in [0, 0.1) is 6.92 Å². The lowest BCUT2D eigenvalue weighted by atomic mass is 10.2. The molecule has 0 radical (unpaired) electrons. The molecule has 0 bridgehead atoms. The third kappa shape index (κ3) is 3.35. The fourth-order valence-corrected chi connectivity index (χ4v) is 2.21. The fraction of sp³-hybridized carbons (Fsp3) is 0.538. The van der Waals surface area contributed by atoms with Crippen molar-refractivity contribution in [1.29, 1.82) is 0 Å². The Hall–Kier alpha value is -0.770. The maximum absolute atomic E-state index is 6.10. The topological polar surface area (TPSA) is 27.3 Å². The van der Waals surface area contributed by atoms with Crippen molar-refractivity contribution in [2.24, 2.45) is 0 Å². The van der Waals surface area contributed by atoms with Gasteiger partial charge in [-0.3, -0.25) is 4.90 Å². The highest BCUT2D eigenvalue weighted by Gasteiger charge is 2.17. The molecule has 1 fully saturated rings. The van der Waals surface area contributed by atoms with Crippen LogP contribution in [-0.2, 0) is 0 Å². The zero-order chi connectivity index (χ0) is 12.3. The number of halogens is 1. The van der Waals surface area contributed by atoms with Crippen molar-refractivity contribution in [3.8, 4) is 0 Å². The Bertz CT molecular complexity index is 381. The number of likely N-dealkylation sites (N-methyl/N-ethyl adjacent to an activating group) is 1. The van der Waals surface area contributed by atoms with Gasteiger partial charge in [-0.2, -0.15) is 0 Å². The number of piperazine rings is 1. The van der Waals surface area contributed by atoms with E-state index < -0.39 is 0 Å². The van der Waals surface area contributed by atoms with E-state index in [0.717, 1.165) is 42.5 Å². The van der Waals surface area contributed by atoms with Crippen molar-refractivity contribution in [3.63, 3.8) is 0 Å². The quantitative estimate of drug-likeness (QED) is 0.863. The number of benzene rings is 1. The van der Waals surface area contributed by atoms with Crippen LogP contribution in [0.3, 0.4) is 0 Å². The van der Waals surface area contributed by atoms with Crippen molar-refractivity contribution >= 4 is 17.3 Å². The first-order chi connectivity index (χ1) is 8.16. The van der Waals surface area contributed by atoms with Gasteiger partial charge in [-0.15, -0.1) is 0 Å². The van der Waals surface area contributed by atoms with Crippen LogP contribution in [0.1, 0.15) is 5.56 Å². The molecule has 0 aromatic heterocycles. The van der Waals surface area contributed by atoms with E-state index in [0.29, 0.717) is 6.04 Å². The van der Waals surface area contributed by atoms with E-state index >= 15 is 0 Å². The van der Waals surface area contributed by atoms with Crippen molar-refractivity contribution in [2.75, 3.05) is 38.5 Å². The van der Waals surface area contributed by atoms with E-state index in [1.165, 1.54) is 0 Å². The van der Waals surface area contributed by atoms with Crippen LogP contribution in [0.2, 0.25) is 5.02 Å². The fourth-order valence-electron chi connectivity index (χ4n) is 2.03. The second-order valence-electron chi connectivity index (χ2n) is 4.68. The van der Waals surface area contributed by atoms with Crippen LogP contribution in [0.15, 0.2) is 18.2 Å². The van der Waals surface area contributed by atoms with Crippen LogP contribution >= 0.6 is 11.6 Å². The molecule has 0 spiro atoms. The van der Waals surface area contributed by atoms with Gasteiger partial charge in [-0.05, 0) is 31.7 Å². The molecule has 1 aliphatic rings. The lowest BCUT2D eigenvalue weighted by Gasteiger charge is -2.33. The molecule has 0 saturated carbocycles. The minimum atomic E-state index is 0.545. The van der Waals surface area contributed by atoms with Gasteiger partial charge >= 0.3 is 0 Å². The molecule has 4 heteroatoms. The van der Waals surface area contributed by atoms with Gasteiger partial charge in [-0.25, -0.2) is 0 Å². The summed E-state index contributed by atoms with van der Waals surface area (Å²) in [5, 5.41) is 7.69. The van der Waals surface area contributed by atoms with E-state index in [-0.39, 0.29) is 0 Å². The van der Waals surface area contributed by atoms with Gasteiger partial charge < -0.3 is 10.6 Å². The van der Waals surface area contributed by atoms with Crippen LogP contribution in [0.5, 0.6) is 0 Å². The molecule has 1 heterocycles. The maximum Gasteiger partial charge on any atom is 0.0455 e. The van der Waals surface area contributed by atoms with Crippen LogP contribution in [0.25, 0.3) is 0 Å². The minimum absolute atomic E-state index is 0.545. The molecule has 17 heavy (non-hydrogen) atoms. The number of nitrogens with zero attached hydrogens (tertiary/aromatic N) is 1. The smallest absolute Gasteiger partial charge is 0.0455 e. The van der Waals surface area contributed by atoms with E-state index in [9.17, 15) is 0 Å². The molecule has 0 aliphatic carbocycles. The number of hydrogen-bond donors (Lipinski definition) is 2. The highest BCUT2D eigenvalue weighted by molar-refractivity contribution is 6.31. The van der Waals surface area contributed by atoms with Crippen molar-refractivity contribution in [2.45, 2.75) is 13.0 Å². The van der Waals surface area contributed by atoms with E-state index in [1.807, 2.05) is 19.1 Å². The molecule has 1 atom stereocenters. The summed E-state index contributed by atoms with van der Waals surface area (Å²) in [4.78, 5) is 2.39. The van der Waals surface area contributed by atoms with Crippen LogP contribution in [0.4, 0.5) is 5.69 Å². The largest absolute Gasteiger partial charge is 0.383 e. The summed E-state index contributed by atoms with van der Waals surface area (Å²) in [7, 11) is 2.18. The predicted molar refractivity (Wildman–Crippen MR) is 74.0 cm³/mol. The first-order valence-corrected chi connectivity index (χ1v) is 6.45. The molecule has 1 aromatic carbocycles. The third-order valence-electron chi connectivity index (χ3n) is 3.36. The molecule has 3 nitrogen and oxygen atoms in total. The van der Waals surface area contributed by atoms with Gasteiger partial charge in [0.25, 0.3) is 0 Å². The van der Waals surface area contributed by atoms with Gasteiger partial charge in [-0.1, -0.05) is 17.7 Å². The Morgan fingerprint density at radius 1 is 1.53 bits per heavy atom. The Morgan fingerprint density at radius 3 is 3.06 bits per heavy atom. The second-order valence-corrected chi connectivity index (χ2v) is 5.09. The molecule has 2 N–H and O–H groups in total. The first kappa shape index (κ1) is 12.7. The summed E-state index contributed by atoms with van der Waals surface area (Å²) >= 11 is 6.10. The highest BCUT2D eigenvalue weighted by atomic mass is 35.5. The average molecular weight is 254 g/mol. The average Bonchev–Trinajstić information content (AvgIpc) is 2.32. The molecular weight excluding hydrogens is 234 g/mol. The van der Waals surface area contributed by atoms with E-state index in [2.05, 4.69) is 28.6 Å². The molecule has 1 saturated heterocycles. The monoisotopic (exact) mass is 253 g/mol. The van der Waals surface area contributed by atoms with Crippen LogP contribution < -0.4 is 10.6 Å². The predicted octanol–water partition coefficient (Wildman–Crippen LogP) is 1.96. The van der Waals surface area contributed by atoms with Gasteiger partial charge in [0, 0.05) is 42.9 Å². The van der Waals surface area contributed by atoms with E-state index in [1.54, 1.807) is 0 Å². The Morgan fingerprint density at radius 2 is 2.35 bits per heavy atom. The number of aryl methyl sites for hydroxylation is 1.